The first-order valence-corrected chi connectivity index (χ1v) is 7.82. The van der Waals surface area contributed by atoms with E-state index in [4.69, 9.17) is 23.2 Å². The monoisotopic (exact) mass is 335 g/mol. The summed E-state index contributed by atoms with van der Waals surface area (Å²) in [6, 6.07) is 6.51. The van der Waals surface area contributed by atoms with Crippen LogP contribution in [0.5, 0.6) is 0 Å². The molecule has 1 aliphatic carbocycles. The lowest BCUT2D eigenvalue weighted by Crippen LogP contribution is -2.40. The van der Waals surface area contributed by atoms with Gasteiger partial charge in [0, 0.05) is 34.5 Å². The summed E-state index contributed by atoms with van der Waals surface area (Å²) in [5.74, 6) is 0. The first-order valence-electron chi connectivity index (χ1n) is 5.94. The summed E-state index contributed by atoms with van der Waals surface area (Å²) in [7, 11) is 0. The highest BCUT2D eigenvalue weighted by atomic mass is 79.9. The lowest BCUT2D eigenvalue weighted by molar-refractivity contribution is 0.128. The molecule has 1 aromatic carbocycles. The molecule has 0 N–H and O–H groups in total. The average molecular weight is 337 g/mol. The molecule has 0 unspecified atom stereocenters. The van der Waals surface area contributed by atoms with Crippen LogP contribution in [-0.4, -0.2) is 22.8 Å². The second-order valence-electron chi connectivity index (χ2n) is 4.48. The third kappa shape index (κ3) is 3.60. The van der Waals surface area contributed by atoms with Crippen molar-refractivity contribution in [3.8, 4) is 0 Å². The smallest absolute Gasteiger partial charge is 0.0465 e. The Morgan fingerprint density at radius 1 is 1.29 bits per heavy atom. The van der Waals surface area contributed by atoms with E-state index in [0.717, 1.165) is 29.5 Å². The Labute approximate surface area is 121 Å². The van der Waals surface area contributed by atoms with Crippen molar-refractivity contribution in [2.24, 2.45) is 0 Å². The fourth-order valence-electron chi connectivity index (χ4n) is 2.12. The number of alkyl halides is 1. The zero-order valence-electron chi connectivity index (χ0n) is 9.63. The molecule has 1 nitrogen and oxygen atoms in total. The number of halogens is 3. The summed E-state index contributed by atoms with van der Waals surface area (Å²) in [6.45, 7) is 2.00. The second kappa shape index (κ2) is 6.42. The number of hydrogen-bond donors (Lipinski definition) is 0. The van der Waals surface area contributed by atoms with E-state index in [1.165, 1.54) is 24.8 Å². The first-order chi connectivity index (χ1) is 8.20. The lowest BCUT2D eigenvalue weighted by Gasteiger charge is -2.37. The largest absolute Gasteiger partial charge is 0.295 e. The Balaban J connectivity index is 2.05. The third-order valence-corrected chi connectivity index (χ3v) is 4.29. The van der Waals surface area contributed by atoms with Crippen LogP contribution >= 0.6 is 39.1 Å². The topological polar surface area (TPSA) is 3.24 Å². The number of benzene rings is 1. The zero-order chi connectivity index (χ0) is 12.3. The lowest BCUT2D eigenvalue weighted by atomic mass is 9.91. The van der Waals surface area contributed by atoms with Crippen molar-refractivity contribution in [2.45, 2.75) is 31.8 Å². The van der Waals surface area contributed by atoms with Crippen molar-refractivity contribution >= 4 is 39.1 Å². The van der Waals surface area contributed by atoms with E-state index in [1.54, 1.807) is 0 Å². The van der Waals surface area contributed by atoms with E-state index in [-0.39, 0.29) is 0 Å². The maximum absolute atomic E-state index is 6.22. The van der Waals surface area contributed by atoms with Crippen LogP contribution in [0.1, 0.15) is 24.8 Å². The minimum Gasteiger partial charge on any atom is -0.295 e. The van der Waals surface area contributed by atoms with E-state index in [2.05, 4.69) is 20.8 Å². The molecule has 1 aliphatic rings. The van der Waals surface area contributed by atoms with Gasteiger partial charge in [0.2, 0.25) is 0 Å². The molecule has 1 aromatic rings. The highest BCUT2D eigenvalue weighted by molar-refractivity contribution is 9.09. The van der Waals surface area contributed by atoms with Gasteiger partial charge in [-0.05, 0) is 30.5 Å². The van der Waals surface area contributed by atoms with Gasteiger partial charge in [-0.3, -0.25) is 4.90 Å². The van der Waals surface area contributed by atoms with Crippen LogP contribution in [0.4, 0.5) is 0 Å². The minimum atomic E-state index is 0.703. The van der Waals surface area contributed by atoms with Gasteiger partial charge in [0.1, 0.15) is 0 Å². The highest BCUT2D eigenvalue weighted by Crippen LogP contribution is 2.28. The zero-order valence-corrected chi connectivity index (χ0v) is 12.7. The summed E-state index contributed by atoms with van der Waals surface area (Å²) in [5, 5.41) is 2.49. The van der Waals surface area contributed by atoms with Gasteiger partial charge in [0.25, 0.3) is 0 Å². The molecule has 0 atom stereocenters. The molecule has 4 heteroatoms. The van der Waals surface area contributed by atoms with Crippen LogP contribution in [0.15, 0.2) is 18.2 Å². The van der Waals surface area contributed by atoms with E-state index in [0.29, 0.717) is 5.02 Å². The Bertz CT molecular complexity index is 380. The van der Waals surface area contributed by atoms with Crippen LogP contribution in [0, 0.1) is 0 Å². The molecular formula is C13H16BrCl2N. The summed E-state index contributed by atoms with van der Waals surface area (Å²) < 4.78 is 0. The molecule has 1 fully saturated rings. The normalized spacial score (nSPS) is 16.2. The van der Waals surface area contributed by atoms with Crippen molar-refractivity contribution in [1.29, 1.82) is 0 Å². The fraction of sp³-hybridized carbons (Fsp3) is 0.538. The molecular weight excluding hydrogens is 321 g/mol. The summed E-state index contributed by atoms with van der Waals surface area (Å²) in [4.78, 5) is 2.51. The summed E-state index contributed by atoms with van der Waals surface area (Å²) >= 11 is 15.6. The molecule has 0 radical (unpaired) electrons. The predicted molar refractivity (Wildman–Crippen MR) is 78.3 cm³/mol. The maximum atomic E-state index is 6.22. The molecule has 0 aliphatic heterocycles. The van der Waals surface area contributed by atoms with Gasteiger partial charge in [-0.1, -0.05) is 51.6 Å². The Morgan fingerprint density at radius 2 is 2.06 bits per heavy atom. The summed E-state index contributed by atoms with van der Waals surface area (Å²) in [6.07, 6.45) is 3.99. The van der Waals surface area contributed by atoms with Crippen LogP contribution < -0.4 is 0 Å². The Hall–Kier alpha value is 0.240. The molecule has 0 bridgehead atoms. The van der Waals surface area contributed by atoms with Crippen LogP contribution in [-0.2, 0) is 6.54 Å². The molecule has 0 heterocycles. The van der Waals surface area contributed by atoms with Crippen molar-refractivity contribution < 1.29 is 0 Å². The molecule has 0 saturated heterocycles. The van der Waals surface area contributed by atoms with E-state index in [9.17, 15) is 0 Å². The molecule has 17 heavy (non-hydrogen) atoms. The van der Waals surface area contributed by atoms with Crippen molar-refractivity contribution in [3.63, 3.8) is 0 Å². The van der Waals surface area contributed by atoms with E-state index >= 15 is 0 Å². The molecule has 0 spiro atoms. The maximum Gasteiger partial charge on any atom is 0.0465 e. The van der Waals surface area contributed by atoms with Crippen molar-refractivity contribution in [1.82, 2.24) is 4.90 Å². The van der Waals surface area contributed by atoms with Gasteiger partial charge < -0.3 is 0 Å². The van der Waals surface area contributed by atoms with Gasteiger partial charge in [-0.15, -0.1) is 0 Å². The van der Waals surface area contributed by atoms with Crippen LogP contribution in [0.3, 0.4) is 0 Å². The van der Waals surface area contributed by atoms with E-state index < -0.39 is 0 Å². The van der Waals surface area contributed by atoms with Gasteiger partial charge in [-0.2, -0.15) is 0 Å². The molecule has 94 valence electrons. The van der Waals surface area contributed by atoms with Gasteiger partial charge in [0.05, 0.1) is 0 Å². The molecule has 0 aromatic heterocycles. The Kier molecular flexibility index (Phi) is 5.16. The van der Waals surface area contributed by atoms with Gasteiger partial charge in [0.15, 0.2) is 0 Å². The first kappa shape index (κ1) is 13.7. The second-order valence-corrected chi connectivity index (χ2v) is 6.12. The van der Waals surface area contributed by atoms with Crippen LogP contribution in [0.25, 0.3) is 0 Å². The molecule has 0 amide bonds. The average Bonchev–Trinajstić information content (AvgIpc) is 2.20. The number of rotatable bonds is 5. The van der Waals surface area contributed by atoms with Gasteiger partial charge >= 0.3 is 0 Å². The van der Waals surface area contributed by atoms with Crippen LogP contribution in [0.2, 0.25) is 10.0 Å². The fourth-order valence-corrected chi connectivity index (χ4v) is 3.04. The SMILES string of the molecule is Clc1ccc(CN(CCBr)C2CCC2)c(Cl)c1. The number of hydrogen-bond acceptors (Lipinski definition) is 1. The highest BCUT2D eigenvalue weighted by Gasteiger charge is 2.24. The number of nitrogens with zero attached hydrogens (tertiary/aromatic N) is 1. The quantitative estimate of drug-likeness (QED) is 0.702. The van der Waals surface area contributed by atoms with Gasteiger partial charge in [-0.25, -0.2) is 0 Å². The molecule has 2 rings (SSSR count). The summed E-state index contributed by atoms with van der Waals surface area (Å²) in [5.41, 5.74) is 1.17. The standard InChI is InChI=1S/C13H16BrCl2N/c14-6-7-17(12-2-1-3-12)9-10-4-5-11(15)8-13(10)16/h4-5,8,12H,1-3,6-7,9H2. The minimum absolute atomic E-state index is 0.703. The predicted octanol–water partition coefficient (Wildman–Crippen LogP) is 4.74. The van der Waals surface area contributed by atoms with E-state index in [1.807, 2.05) is 18.2 Å². The molecule has 1 saturated carbocycles. The van der Waals surface area contributed by atoms with Crippen molar-refractivity contribution in [2.75, 3.05) is 11.9 Å². The third-order valence-electron chi connectivity index (χ3n) is 3.35. The Morgan fingerprint density at radius 3 is 2.59 bits per heavy atom. The van der Waals surface area contributed by atoms with Crippen molar-refractivity contribution in [3.05, 3.63) is 33.8 Å².